The fourth-order valence-electron chi connectivity index (χ4n) is 3.59. The van der Waals surface area contributed by atoms with Gasteiger partial charge in [0.1, 0.15) is 0 Å². The average molecular weight is 281 g/mol. The van der Waals surface area contributed by atoms with E-state index in [4.69, 9.17) is 17.3 Å². The van der Waals surface area contributed by atoms with Crippen molar-refractivity contribution >= 4 is 23.0 Å². The van der Waals surface area contributed by atoms with Gasteiger partial charge in [-0.05, 0) is 31.4 Å². The average Bonchev–Trinajstić information content (AvgIpc) is 2.41. The first-order chi connectivity index (χ1) is 9.10. The van der Waals surface area contributed by atoms with Crippen LogP contribution in [0.1, 0.15) is 32.1 Å². The number of aliphatic hydroxyl groups is 1. The number of nitrogens with two attached hydrogens (primary N) is 1. The zero-order valence-electron chi connectivity index (χ0n) is 11.1. The van der Waals surface area contributed by atoms with Crippen molar-refractivity contribution in [1.29, 1.82) is 0 Å². The van der Waals surface area contributed by atoms with E-state index in [-0.39, 0.29) is 0 Å². The monoisotopic (exact) mass is 280 g/mol. The molecule has 1 saturated heterocycles. The summed E-state index contributed by atoms with van der Waals surface area (Å²) in [6, 6.07) is 5.78. The van der Waals surface area contributed by atoms with Gasteiger partial charge < -0.3 is 15.7 Å². The fourth-order valence-corrected chi connectivity index (χ4v) is 3.76. The Morgan fingerprint density at radius 1 is 1.32 bits per heavy atom. The maximum atomic E-state index is 10.7. The van der Waals surface area contributed by atoms with Gasteiger partial charge in [0.25, 0.3) is 0 Å². The van der Waals surface area contributed by atoms with Gasteiger partial charge in [0.05, 0.1) is 22.0 Å². The molecule has 3 nitrogen and oxygen atoms in total. The predicted molar refractivity (Wildman–Crippen MR) is 79.6 cm³/mol. The second-order valence-electron chi connectivity index (χ2n) is 5.91. The number of fused-ring (bicyclic) bond motifs is 1. The molecule has 2 aliphatic rings. The van der Waals surface area contributed by atoms with E-state index in [0.717, 1.165) is 44.5 Å². The Morgan fingerprint density at radius 3 is 3.00 bits per heavy atom. The lowest BCUT2D eigenvalue weighted by Crippen LogP contribution is -2.53. The summed E-state index contributed by atoms with van der Waals surface area (Å²) in [6.07, 6.45) is 5.30. The van der Waals surface area contributed by atoms with Crippen LogP contribution in [0, 0.1) is 5.92 Å². The quantitative estimate of drug-likeness (QED) is 0.778. The van der Waals surface area contributed by atoms with Crippen molar-refractivity contribution in [2.75, 3.05) is 23.7 Å². The second kappa shape index (κ2) is 4.88. The van der Waals surface area contributed by atoms with E-state index in [0.29, 0.717) is 16.6 Å². The van der Waals surface area contributed by atoms with Crippen LogP contribution < -0.4 is 10.6 Å². The zero-order chi connectivity index (χ0) is 13.5. The van der Waals surface area contributed by atoms with Crippen molar-refractivity contribution in [3.63, 3.8) is 0 Å². The molecule has 104 valence electrons. The molecule has 2 atom stereocenters. The number of hydrogen-bond acceptors (Lipinski definition) is 3. The summed E-state index contributed by atoms with van der Waals surface area (Å²) < 4.78 is 0. The van der Waals surface area contributed by atoms with E-state index in [9.17, 15) is 5.11 Å². The molecule has 0 bridgehead atoms. The molecule has 0 amide bonds. The fraction of sp³-hybridized carbons (Fsp3) is 0.600. The minimum absolute atomic E-state index is 0.369. The molecule has 0 spiro atoms. The Morgan fingerprint density at radius 2 is 2.16 bits per heavy atom. The lowest BCUT2D eigenvalue weighted by atomic mass is 9.71. The number of para-hydroxylation sites is 1. The highest BCUT2D eigenvalue weighted by Gasteiger charge is 2.42. The van der Waals surface area contributed by atoms with E-state index in [2.05, 4.69) is 4.90 Å². The molecule has 3 rings (SSSR count). The Bertz CT molecular complexity index is 479. The topological polar surface area (TPSA) is 49.5 Å². The first kappa shape index (κ1) is 13.1. The van der Waals surface area contributed by atoms with Crippen LogP contribution in [-0.2, 0) is 0 Å². The maximum absolute atomic E-state index is 10.7. The number of nitrogens with zero attached hydrogens (tertiary/aromatic N) is 1. The summed E-state index contributed by atoms with van der Waals surface area (Å²) in [4.78, 5) is 2.28. The minimum atomic E-state index is -0.442. The van der Waals surface area contributed by atoms with Gasteiger partial charge in [-0.3, -0.25) is 0 Å². The first-order valence-electron chi connectivity index (χ1n) is 7.11. The Hall–Kier alpha value is -0.930. The van der Waals surface area contributed by atoms with Crippen molar-refractivity contribution in [3.05, 3.63) is 23.2 Å². The summed E-state index contributed by atoms with van der Waals surface area (Å²) in [5.74, 6) is 0.369. The van der Waals surface area contributed by atoms with Crippen LogP contribution >= 0.6 is 11.6 Å². The molecule has 1 aromatic carbocycles. The molecule has 0 aromatic heterocycles. The standard InChI is InChI=1S/C15H21ClN2O/c16-12-5-3-6-13(14(12)17)18-9-8-15(19)7-2-1-4-11(15)10-18/h3,5-6,11,19H,1-2,4,7-10,17H2. The van der Waals surface area contributed by atoms with Gasteiger partial charge in [0, 0.05) is 19.0 Å². The lowest BCUT2D eigenvalue weighted by molar-refractivity contribution is -0.0612. The summed E-state index contributed by atoms with van der Waals surface area (Å²) >= 11 is 6.10. The smallest absolute Gasteiger partial charge is 0.0741 e. The molecule has 1 aliphatic carbocycles. The molecule has 2 fully saturated rings. The number of piperidine rings is 1. The van der Waals surface area contributed by atoms with Crippen LogP contribution in [0.3, 0.4) is 0 Å². The van der Waals surface area contributed by atoms with Gasteiger partial charge in [0.2, 0.25) is 0 Å². The minimum Gasteiger partial charge on any atom is -0.396 e. The molecule has 1 saturated carbocycles. The van der Waals surface area contributed by atoms with E-state index in [1.165, 1.54) is 6.42 Å². The Labute approximate surface area is 119 Å². The number of nitrogen functional groups attached to an aromatic ring is 1. The molecule has 0 radical (unpaired) electrons. The van der Waals surface area contributed by atoms with Crippen LogP contribution in [0.15, 0.2) is 18.2 Å². The third kappa shape index (κ3) is 2.30. The Kier molecular flexibility index (Phi) is 3.35. The Balaban J connectivity index is 1.83. The highest BCUT2D eigenvalue weighted by Crippen LogP contribution is 2.42. The van der Waals surface area contributed by atoms with Gasteiger partial charge in [-0.15, -0.1) is 0 Å². The number of halogens is 1. The van der Waals surface area contributed by atoms with Crippen molar-refractivity contribution < 1.29 is 5.11 Å². The normalized spacial score (nSPS) is 31.1. The third-order valence-corrected chi connectivity index (χ3v) is 5.13. The van der Waals surface area contributed by atoms with E-state index in [1.54, 1.807) is 0 Å². The van der Waals surface area contributed by atoms with Crippen molar-refractivity contribution in [3.8, 4) is 0 Å². The van der Waals surface area contributed by atoms with E-state index < -0.39 is 5.60 Å². The SMILES string of the molecule is Nc1c(Cl)cccc1N1CCC2(O)CCCCC2C1. The summed E-state index contributed by atoms with van der Waals surface area (Å²) in [5.41, 5.74) is 7.31. The largest absolute Gasteiger partial charge is 0.396 e. The second-order valence-corrected chi connectivity index (χ2v) is 6.32. The molecular formula is C15H21ClN2O. The molecule has 1 aromatic rings. The molecule has 2 unspecified atom stereocenters. The molecular weight excluding hydrogens is 260 g/mol. The molecule has 3 N–H and O–H groups in total. The zero-order valence-corrected chi connectivity index (χ0v) is 11.9. The van der Waals surface area contributed by atoms with Crippen LogP contribution in [0.25, 0.3) is 0 Å². The molecule has 1 aliphatic heterocycles. The lowest BCUT2D eigenvalue weighted by Gasteiger charge is -2.48. The number of anilines is 2. The van der Waals surface area contributed by atoms with Crippen LogP contribution in [0.5, 0.6) is 0 Å². The van der Waals surface area contributed by atoms with E-state index in [1.807, 2.05) is 18.2 Å². The molecule has 4 heteroatoms. The van der Waals surface area contributed by atoms with Gasteiger partial charge in [-0.2, -0.15) is 0 Å². The summed E-state index contributed by atoms with van der Waals surface area (Å²) in [7, 11) is 0. The summed E-state index contributed by atoms with van der Waals surface area (Å²) in [5, 5.41) is 11.3. The van der Waals surface area contributed by atoms with Crippen molar-refractivity contribution in [2.24, 2.45) is 5.92 Å². The highest BCUT2D eigenvalue weighted by atomic mass is 35.5. The van der Waals surface area contributed by atoms with E-state index >= 15 is 0 Å². The van der Waals surface area contributed by atoms with Crippen LogP contribution in [0.4, 0.5) is 11.4 Å². The van der Waals surface area contributed by atoms with Crippen molar-refractivity contribution in [1.82, 2.24) is 0 Å². The van der Waals surface area contributed by atoms with Gasteiger partial charge >= 0.3 is 0 Å². The number of hydrogen-bond donors (Lipinski definition) is 2. The number of rotatable bonds is 1. The number of benzene rings is 1. The van der Waals surface area contributed by atoms with Gasteiger partial charge in [-0.25, -0.2) is 0 Å². The summed E-state index contributed by atoms with van der Waals surface area (Å²) in [6.45, 7) is 1.75. The van der Waals surface area contributed by atoms with Crippen LogP contribution in [-0.4, -0.2) is 23.8 Å². The van der Waals surface area contributed by atoms with Crippen LogP contribution in [0.2, 0.25) is 5.02 Å². The third-order valence-electron chi connectivity index (χ3n) is 4.80. The first-order valence-corrected chi connectivity index (χ1v) is 7.49. The van der Waals surface area contributed by atoms with Gasteiger partial charge in [0.15, 0.2) is 0 Å². The predicted octanol–water partition coefficient (Wildman–Crippen LogP) is 3.05. The van der Waals surface area contributed by atoms with Gasteiger partial charge in [-0.1, -0.05) is 30.5 Å². The maximum Gasteiger partial charge on any atom is 0.0741 e. The molecule has 19 heavy (non-hydrogen) atoms. The van der Waals surface area contributed by atoms with Crippen molar-refractivity contribution in [2.45, 2.75) is 37.7 Å². The molecule has 1 heterocycles. The highest BCUT2D eigenvalue weighted by molar-refractivity contribution is 6.33.